The zero-order chi connectivity index (χ0) is 14.8. The van der Waals surface area contributed by atoms with Crippen molar-refractivity contribution in [1.82, 2.24) is 0 Å². The lowest BCUT2D eigenvalue weighted by molar-refractivity contribution is -0.163. The van der Waals surface area contributed by atoms with Crippen LogP contribution in [0.25, 0.3) is 0 Å². The van der Waals surface area contributed by atoms with Crippen LogP contribution in [-0.4, -0.2) is 17.0 Å². The number of rotatable bonds is 0. The van der Waals surface area contributed by atoms with E-state index in [1.807, 2.05) is 0 Å². The molecule has 4 saturated carbocycles. The lowest BCUT2D eigenvalue weighted by atomic mass is 9.44. The summed E-state index contributed by atoms with van der Waals surface area (Å²) in [5.41, 5.74) is 0.109. The Hall–Kier alpha value is -0.370. The Bertz CT molecular complexity index is 458. The highest BCUT2D eigenvalue weighted by Crippen LogP contribution is 2.65. The minimum Gasteiger partial charge on any atom is -0.393 e. The lowest BCUT2D eigenvalue weighted by Crippen LogP contribution is -2.57. The van der Waals surface area contributed by atoms with Crippen LogP contribution in [0.4, 0.5) is 0 Å². The Labute approximate surface area is 128 Å². The molecule has 0 aromatic rings. The summed E-state index contributed by atoms with van der Waals surface area (Å²) in [5.74, 6) is 3.22. The van der Waals surface area contributed by atoms with E-state index in [1.54, 1.807) is 0 Å². The van der Waals surface area contributed by atoms with Crippen LogP contribution in [0.1, 0.15) is 71.6 Å². The number of ketones is 1. The normalized spacial score (nSPS) is 56.5. The molecule has 1 unspecified atom stereocenters. The molecule has 7 atom stereocenters. The van der Waals surface area contributed by atoms with Crippen LogP contribution in [0.3, 0.4) is 0 Å². The van der Waals surface area contributed by atoms with Crippen molar-refractivity contribution in [2.75, 3.05) is 0 Å². The van der Waals surface area contributed by atoms with Crippen molar-refractivity contribution in [3.8, 4) is 0 Å². The fraction of sp³-hybridized carbons (Fsp3) is 0.947. The molecule has 0 aliphatic heterocycles. The minimum absolute atomic E-state index is 0.0238. The number of hydrogen-bond acceptors (Lipinski definition) is 2. The second-order valence-corrected chi connectivity index (χ2v) is 8.88. The number of carbonyl (C=O) groups is 1. The first-order valence-corrected chi connectivity index (χ1v) is 9.19. The summed E-state index contributed by atoms with van der Waals surface area (Å²) < 4.78 is 0. The Kier molecular flexibility index (Phi) is 3.10. The van der Waals surface area contributed by atoms with E-state index in [-0.39, 0.29) is 16.9 Å². The van der Waals surface area contributed by atoms with Gasteiger partial charge in [-0.1, -0.05) is 20.3 Å². The highest BCUT2D eigenvalue weighted by molar-refractivity contribution is 5.87. The monoisotopic (exact) mass is 290 g/mol. The lowest BCUT2D eigenvalue weighted by Gasteiger charge is -2.61. The Morgan fingerprint density at radius 1 is 1.00 bits per heavy atom. The fourth-order valence-corrected chi connectivity index (χ4v) is 7.08. The summed E-state index contributed by atoms with van der Waals surface area (Å²) in [4.78, 5) is 12.4. The van der Waals surface area contributed by atoms with E-state index in [0.29, 0.717) is 23.5 Å². The van der Waals surface area contributed by atoms with Gasteiger partial charge in [-0.15, -0.1) is 0 Å². The Morgan fingerprint density at radius 3 is 2.62 bits per heavy atom. The first-order chi connectivity index (χ1) is 9.98. The molecule has 1 N–H and O–H groups in total. The molecule has 0 bridgehead atoms. The molecule has 0 spiro atoms. The van der Waals surface area contributed by atoms with E-state index < -0.39 is 0 Å². The molecule has 21 heavy (non-hydrogen) atoms. The van der Waals surface area contributed by atoms with Crippen molar-refractivity contribution in [2.45, 2.75) is 77.7 Å². The third kappa shape index (κ3) is 1.72. The molecule has 2 heteroatoms. The van der Waals surface area contributed by atoms with Gasteiger partial charge < -0.3 is 5.11 Å². The third-order valence-electron chi connectivity index (χ3n) is 8.42. The topological polar surface area (TPSA) is 37.3 Å². The first-order valence-electron chi connectivity index (χ1n) is 9.19. The summed E-state index contributed by atoms with van der Waals surface area (Å²) >= 11 is 0. The molecule has 4 rings (SSSR count). The predicted molar refractivity (Wildman–Crippen MR) is 82.7 cm³/mol. The van der Waals surface area contributed by atoms with Gasteiger partial charge in [0.25, 0.3) is 0 Å². The van der Waals surface area contributed by atoms with Gasteiger partial charge in [-0.25, -0.2) is 0 Å². The maximum Gasteiger partial charge on any atom is 0.139 e. The molecule has 0 amide bonds. The maximum atomic E-state index is 12.4. The molecule has 118 valence electrons. The molecule has 0 heterocycles. The summed E-state index contributed by atoms with van der Waals surface area (Å²) in [6.07, 6.45) is 10.2. The molecular formula is C19H30O2. The quantitative estimate of drug-likeness (QED) is 0.733. The van der Waals surface area contributed by atoms with Crippen LogP contribution in [0.15, 0.2) is 0 Å². The largest absolute Gasteiger partial charge is 0.393 e. The molecule has 0 radical (unpaired) electrons. The second kappa shape index (κ2) is 4.57. The van der Waals surface area contributed by atoms with Gasteiger partial charge in [0.1, 0.15) is 5.78 Å². The number of aliphatic hydroxyl groups is 1. The van der Waals surface area contributed by atoms with Gasteiger partial charge in [-0.2, -0.15) is 0 Å². The van der Waals surface area contributed by atoms with E-state index in [2.05, 4.69) is 13.8 Å². The van der Waals surface area contributed by atoms with Crippen molar-refractivity contribution < 1.29 is 9.90 Å². The number of hydrogen-bond donors (Lipinski definition) is 1. The SMILES string of the molecule is C[C@]12C(O)CCC[C@@H]1CC[C@@H]1[C@@H]2CC[C@]2(C)C(=O)CC[C@@H]12. The van der Waals surface area contributed by atoms with Gasteiger partial charge in [0, 0.05) is 11.8 Å². The van der Waals surface area contributed by atoms with Crippen LogP contribution >= 0.6 is 0 Å². The second-order valence-electron chi connectivity index (χ2n) is 8.88. The number of aliphatic hydroxyl groups excluding tert-OH is 1. The van der Waals surface area contributed by atoms with Crippen LogP contribution in [0.2, 0.25) is 0 Å². The van der Waals surface area contributed by atoms with Crippen LogP contribution in [0, 0.1) is 34.5 Å². The minimum atomic E-state index is -0.106. The van der Waals surface area contributed by atoms with E-state index in [4.69, 9.17) is 0 Å². The van der Waals surface area contributed by atoms with E-state index in [9.17, 15) is 9.90 Å². The molecule has 0 aromatic heterocycles. The summed E-state index contributed by atoms with van der Waals surface area (Å²) in [6, 6.07) is 0. The van der Waals surface area contributed by atoms with Gasteiger partial charge in [0.05, 0.1) is 6.10 Å². The van der Waals surface area contributed by atoms with Crippen molar-refractivity contribution in [2.24, 2.45) is 34.5 Å². The molecule has 2 nitrogen and oxygen atoms in total. The van der Waals surface area contributed by atoms with Crippen LogP contribution in [0.5, 0.6) is 0 Å². The summed E-state index contributed by atoms with van der Waals surface area (Å²) in [5, 5.41) is 10.8. The van der Waals surface area contributed by atoms with Gasteiger partial charge in [-0.3, -0.25) is 4.79 Å². The summed E-state index contributed by atoms with van der Waals surface area (Å²) in [7, 11) is 0. The van der Waals surface area contributed by atoms with Gasteiger partial charge in [-0.05, 0) is 74.0 Å². The zero-order valence-corrected chi connectivity index (χ0v) is 13.6. The van der Waals surface area contributed by atoms with Crippen molar-refractivity contribution >= 4 is 5.78 Å². The van der Waals surface area contributed by atoms with Crippen molar-refractivity contribution in [3.05, 3.63) is 0 Å². The molecule has 0 saturated heterocycles. The predicted octanol–water partition coefficient (Wildman–Crippen LogP) is 3.96. The smallest absolute Gasteiger partial charge is 0.139 e. The van der Waals surface area contributed by atoms with E-state index in [0.717, 1.165) is 31.6 Å². The maximum absolute atomic E-state index is 12.4. The highest BCUT2D eigenvalue weighted by atomic mass is 16.3. The standard InChI is InChI=1S/C19H30O2/c1-18-11-10-15-13(14(18)8-9-16(18)20)7-6-12-4-3-5-17(21)19(12,15)2/h12-15,17,21H,3-11H2,1-2H3/t12-,13+,14+,15+,17?,18+,19+/m1/s1. The van der Waals surface area contributed by atoms with Crippen LogP contribution < -0.4 is 0 Å². The van der Waals surface area contributed by atoms with Crippen molar-refractivity contribution in [1.29, 1.82) is 0 Å². The molecule has 4 aliphatic carbocycles. The van der Waals surface area contributed by atoms with Crippen LogP contribution in [-0.2, 0) is 4.79 Å². The molecule has 4 aliphatic rings. The Morgan fingerprint density at radius 2 is 1.81 bits per heavy atom. The average Bonchev–Trinajstić information content (AvgIpc) is 2.76. The number of Topliss-reactive ketones (excluding diaryl/α,β-unsaturated/α-hetero) is 1. The van der Waals surface area contributed by atoms with Gasteiger partial charge in [0.15, 0.2) is 0 Å². The van der Waals surface area contributed by atoms with E-state index >= 15 is 0 Å². The third-order valence-corrected chi connectivity index (χ3v) is 8.42. The Balaban J connectivity index is 1.69. The van der Waals surface area contributed by atoms with Gasteiger partial charge >= 0.3 is 0 Å². The zero-order valence-electron chi connectivity index (χ0n) is 13.6. The van der Waals surface area contributed by atoms with Gasteiger partial charge in [0.2, 0.25) is 0 Å². The number of fused-ring (bicyclic) bond motifs is 5. The van der Waals surface area contributed by atoms with Crippen molar-refractivity contribution in [3.63, 3.8) is 0 Å². The number of carbonyl (C=O) groups excluding carboxylic acids is 1. The first kappa shape index (κ1) is 14.2. The van der Waals surface area contributed by atoms with E-state index in [1.165, 1.54) is 32.1 Å². The molecule has 4 fully saturated rings. The summed E-state index contributed by atoms with van der Waals surface area (Å²) in [6.45, 7) is 4.63. The fourth-order valence-electron chi connectivity index (χ4n) is 7.08. The molecular weight excluding hydrogens is 260 g/mol. The highest BCUT2D eigenvalue weighted by Gasteiger charge is 2.61. The molecule has 0 aromatic carbocycles. The average molecular weight is 290 g/mol.